The molecule has 1 heterocycles. The zero-order chi connectivity index (χ0) is 9.97. The Bertz CT molecular complexity index is 316. The second kappa shape index (κ2) is 4.33. The van der Waals surface area contributed by atoms with E-state index in [-0.39, 0.29) is 0 Å². The first-order valence-electron chi connectivity index (χ1n) is 5.33. The largest absolute Gasteiger partial charge is 0.310 e. The third kappa shape index (κ3) is 1.79. The molecule has 1 aromatic rings. The van der Waals surface area contributed by atoms with Crippen LogP contribution in [0.2, 0.25) is 5.02 Å². The number of hydrogen-bond acceptors (Lipinski definition) is 1. The Morgan fingerprint density at radius 2 is 2.36 bits per heavy atom. The highest BCUT2D eigenvalue weighted by Gasteiger charge is 2.19. The first-order valence-corrected chi connectivity index (χ1v) is 5.71. The van der Waals surface area contributed by atoms with Crippen LogP contribution in [0, 0.1) is 0 Å². The lowest BCUT2D eigenvalue weighted by molar-refractivity contribution is 0.641. The summed E-state index contributed by atoms with van der Waals surface area (Å²) >= 11 is 6.18. The fourth-order valence-electron chi connectivity index (χ4n) is 2.22. The summed E-state index contributed by atoms with van der Waals surface area (Å²) < 4.78 is 0. The van der Waals surface area contributed by atoms with Gasteiger partial charge in [0, 0.05) is 11.1 Å². The molecule has 0 unspecified atom stereocenters. The molecule has 0 spiro atoms. The van der Waals surface area contributed by atoms with Crippen LogP contribution in [0.4, 0.5) is 0 Å². The third-order valence-electron chi connectivity index (χ3n) is 2.94. The van der Waals surface area contributed by atoms with Gasteiger partial charge in [0.05, 0.1) is 0 Å². The van der Waals surface area contributed by atoms with E-state index in [0.29, 0.717) is 6.04 Å². The molecule has 1 aliphatic heterocycles. The molecule has 0 radical (unpaired) electrons. The lowest BCUT2D eigenvalue weighted by Crippen LogP contribution is -2.14. The molecule has 1 atom stereocenters. The summed E-state index contributed by atoms with van der Waals surface area (Å²) in [5.41, 5.74) is 2.71. The third-order valence-corrected chi connectivity index (χ3v) is 3.30. The molecule has 0 amide bonds. The van der Waals surface area contributed by atoms with Gasteiger partial charge < -0.3 is 5.32 Å². The first kappa shape index (κ1) is 10.0. The maximum absolute atomic E-state index is 6.18. The van der Waals surface area contributed by atoms with E-state index >= 15 is 0 Å². The zero-order valence-corrected chi connectivity index (χ0v) is 9.27. The van der Waals surface area contributed by atoms with Crippen LogP contribution in [0.25, 0.3) is 0 Å². The molecule has 2 heteroatoms. The highest BCUT2D eigenvalue weighted by Crippen LogP contribution is 2.30. The van der Waals surface area contributed by atoms with Crippen molar-refractivity contribution in [3.8, 4) is 0 Å². The Hall–Kier alpha value is -0.530. The van der Waals surface area contributed by atoms with Gasteiger partial charge in [-0.2, -0.15) is 0 Å². The quantitative estimate of drug-likeness (QED) is 0.788. The maximum Gasteiger partial charge on any atom is 0.0441 e. The molecule has 14 heavy (non-hydrogen) atoms. The Morgan fingerprint density at radius 1 is 1.50 bits per heavy atom. The summed E-state index contributed by atoms with van der Waals surface area (Å²) in [6.07, 6.45) is 3.54. The van der Waals surface area contributed by atoms with E-state index < -0.39 is 0 Å². The Kier molecular flexibility index (Phi) is 3.09. The average Bonchev–Trinajstić information content (AvgIpc) is 2.70. The molecule has 1 nitrogen and oxygen atoms in total. The van der Waals surface area contributed by atoms with Crippen LogP contribution < -0.4 is 5.32 Å². The molecule has 2 rings (SSSR count). The predicted octanol–water partition coefficient (Wildman–Crippen LogP) is 3.33. The summed E-state index contributed by atoms with van der Waals surface area (Å²) in [5.74, 6) is 0. The van der Waals surface area contributed by atoms with E-state index in [1.54, 1.807) is 0 Å². The molecule has 0 aliphatic carbocycles. The lowest BCUT2D eigenvalue weighted by Gasteiger charge is -2.16. The van der Waals surface area contributed by atoms with Gasteiger partial charge in [0.1, 0.15) is 0 Å². The van der Waals surface area contributed by atoms with Crippen molar-refractivity contribution in [2.24, 2.45) is 0 Å². The topological polar surface area (TPSA) is 12.0 Å². The fourth-order valence-corrected chi connectivity index (χ4v) is 2.54. The maximum atomic E-state index is 6.18. The highest BCUT2D eigenvalue weighted by molar-refractivity contribution is 6.31. The van der Waals surface area contributed by atoms with Gasteiger partial charge in [0.2, 0.25) is 0 Å². The van der Waals surface area contributed by atoms with Crippen LogP contribution in [-0.4, -0.2) is 6.54 Å². The van der Waals surface area contributed by atoms with Crippen LogP contribution >= 0.6 is 11.6 Å². The average molecular weight is 210 g/mol. The molecule has 76 valence electrons. The highest BCUT2D eigenvalue weighted by atomic mass is 35.5. The summed E-state index contributed by atoms with van der Waals surface area (Å²) in [7, 11) is 0. The van der Waals surface area contributed by atoms with E-state index in [4.69, 9.17) is 11.6 Å². The molecule has 0 bridgehead atoms. The van der Waals surface area contributed by atoms with E-state index in [1.165, 1.54) is 24.0 Å². The van der Waals surface area contributed by atoms with Crippen LogP contribution in [0.3, 0.4) is 0 Å². The van der Waals surface area contributed by atoms with Crippen molar-refractivity contribution < 1.29 is 0 Å². The van der Waals surface area contributed by atoms with E-state index in [0.717, 1.165) is 18.0 Å². The second-order valence-electron chi connectivity index (χ2n) is 3.81. The van der Waals surface area contributed by atoms with Crippen molar-refractivity contribution in [3.63, 3.8) is 0 Å². The van der Waals surface area contributed by atoms with E-state index in [9.17, 15) is 0 Å². The molecule has 1 saturated heterocycles. The minimum atomic E-state index is 0.531. The van der Waals surface area contributed by atoms with Crippen LogP contribution in [0.5, 0.6) is 0 Å². The van der Waals surface area contributed by atoms with Gasteiger partial charge in [-0.05, 0) is 43.0 Å². The van der Waals surface area contributed by atoms with Crippen molar-refractivity contribution in [2.45, 2.75) is 32.2 Å². The molecule has 1 aliphatic rings. The SMILES string of the molecule is CCc1c(Cl)cccc1[C@@H]1CCCN1. The molecular weight excluding hydrogens is 194 g/mol. The Balaban J connectivity index is 2.35. The smallest absolute Gasteiger partial charge is 0.0441 e. The molecule has 0 saturated carbocycles. The standard InChI is InChI=1S/C12H16ClN/c1-2-9-10(5-3-6-11(9)13)12-7-4-8-14-12/h3,5-6,12,14H,2,4,7-8H2,1H3/t12-/m0/s1. The van der Waals surface area contributed by atoms with Gasteiger partial charge in [-0.1, -0.05) is 30.7 Å². The van der Waals surface area contributed by atoms with Gasteiger partial charge in [0.25, 0.3) is 0 Å². The van der Waals surface area contributed by atoms with Crippen molar-refractivity contribution in [3.05, 3.63) is 34.3 Å². The van der Waals surface area contributed by atoms with Gasteiger partial charge >= 0.3 is 0 Å². The van der Waals surface area contributed by atoms with Gasteiger partial charge in [-0.3, -0.25) is 0 Å². The number of benzene rings is 1. The molecule has 1 N–H and O–H groups in total. The van der Waals surface area contributed by atoms with Crippen LogP contribution in [0.15, 0.2) is 18.2 Å². The van der Waals surface area contributed by atoms with Gasteiger partial charge in [-0.25, -0.2) is 0 Å². The first-order chi connectivity index (χ1) is 6.83. The second-order valence-corrected chi connectivity index (χ2v) is 4.22. The van der Waals surface area contributed by atoms with Crippen LogP contribution in [-0.2, 0) is 6.42 Å². The summed E-state index contributed by atoms with van der Waals surface area (Å²) in [4.78, 5) is 0. The van der Waals surface area contributed by atoms with E-state index in [2.05, 4.69) is 24.4 Å². The van der Waals surface area contributed by atoms with Crippen LogP contribution in [0.1, 0.15) is 36.9 Å². The minimum Gasteiger partial charge on any atom is -0.310 e. The van der Waals surface area contributed by atoms with Crippen molar-refractivity contribution >= 4 is 11.6 Å². The normalized spacial score (nSPS) is 21.4. The van der Waals surface area contributed by atoms with Crippen molar-refractivity contribution in [2.75, 3.05) is 6.54 Å². The summed E-state index contributed by atoms with van der Waals surface area (Å²) in [6, 6.07) is 6.77. The summed E-state index contributed by atoms with van der Waals surface area (Å²) in [6.45, 7) is 3.31. The monoisotopic (exact) mass is 209 g/mol. The fraction of sp³-hybridized carbons (Fsp3) is 0.500. The molecule has 1 aromatic carbocycles. The Labute approximate surface area is 90.5 Å². The lowest BCUT2D eigenvalue weighted by atomic mass is 9.97. The molecular formula is C12H16ClN. The number of nitrogens with one attached hydrogen (secondary N) is 1. The molecule has 0 aromatic heterocycles. The van der Waals surface area contributed by atoms with Crippen molar-refractivity contribution in [1.29, 1.82) is 0 Å². The van der Waals surface area contributed by atoms with Gasteiger partial charge in [-0.15, -0.1) is 0 Å². The number of rotatable bonds is 2. The summed E-state index contributed by atoms with van der Waals surface area (Å²) in [5, 5.41) is 4.43. The number of hydrogen-bond donors (Lipinski definition) is 1. The van der Waals surface area contributed by atoms with E-state index in [1.807, 2.05) is 6.07 Å². The number of halogens is 1. The van der Waals surface area contributed by atoms with Crippen molar-refractivity contribution in [1.82, 2.24) is 5.32 Å². The van der Waals surface area contributed by atoms with Gasteiger partial charge in [0.15, 0.2) is 0 Å². The Morgan fingerprint density at radius 3 is 3.00 bits per heavy atom. The zero-order valence-electron chi connectivity index (χ0n) is 8.52. The predicted molar refractivity (Wildman–Crippen MR) is 60.8 cm³/mol. The minimum absolute atomic E-state index is 0.531. The molecule has 1 fully saturated rings.